The second-order valence-electron chi connectivity index (χ2n) is 4.68. The van der Waals surface area contributed by atoms with Gasteiger partial charge < -0.3 is 9.47 Å². The Hall–Kier alpha value is -1.26. The van der Waals surface area contributed by atoms with Crippen LogP contribution in [0.4, 0.5) is 0 Å². The second-order valence-corrected chi connectivity index (χ2v) is 5.65. The van der Waals surface area contributed by atoms with Gasteiger partial charge in [-0.15, -0.1) is 0 Å². The van der Waals surface area contributed by atoms with E-state index in [1.54, 1.807) is 13.3 Å². The van der Waals surface area contributed by atoms with Crippen LogP contribution in [0, 0.1) is 13.8 Å². The highest BCUT2D eigenvalue weighted by Crippen LogP contribution is 2.30. The first-order valence-electron chi connectivity index (χ1n) is 6.53. The molecule has 112 valence electrons. The molecule has 0 aliphatic rings. The number of aryl methyl sites for hydroxylation is 1. The van der Waals surface area contributed by atoms with Crippen LogP contribution in [0.2, 0.25) is 5.02 Å². The fourth-order valence-electron chi connectivity index (χ4n) is 2.17. The summed E-state index contributed by atoms with van der Waals surface area (Å²) in [7, 11) is 1.67. The Morgan fingerprint density at radius 2 is 2.05 bits per heavy atom. The fraction of sp³-hybridized carbons (Fsp3) is 0.312. The van der Waals surface area contributed by atoms with Gasteiger partial charge in [0.2, 0.25) is 0 Å². The van der Waals surface area contributed by atoms with Crippen LogP contribution in [-0.2, 0) is 11.9 Å². The first kappa shape index (κ1) is 16.1. The van der Waals surface area contributed by atoms with Gasteiger partial charge in [-0.25, -0.2) is 0 Å². The maximum absolute atomic E-state index is 6.17. The zero-order chi connectivity index (χ0) is 15.4. The van der Waals surface area contributed by atoms with Crippen molar-refractivity contribution in [3.63, 3.8) is 0 Å². The molecular formula is C16H17BrClNO2. The van der Waals surface area contributed by atoms with E-state index in [-0.39, 0.29) is 0 Å². The van der Waals surface area contributed by atoms with Crippen molar-refractivity contribution in [2.24, 2.45) is 0 Å². The smallest absolute Gasteiger partial charge is 0.131 e. The van der Waals surface area contributed by atoms with Crippen molar-refractivity contribution in [2.75, 3.05) is 7.11 Å². The van der Waals surface area contributed by atoms with E-state index in [1.165, 1.54) is 0 Å². The van der Waals surface area contributed by atoms with Crippen LogP contribution in [0.3, 0.4) is 0 Å². The fourth-order valence-corrected chi connectivity index (χ4v) is 3.14. The van der Waals surface area contributed by atoms with Crippen molar-refractivity contribution in [1.82, 2.24) is 4.98 Å². The van der Waals surface area contributed by atoms with Gasteiger partial charge in [0.15, 0.2) is 0 Å². The largest absolute Gasteiger partial charge is 0.496 e. The first-order chi connectivity index (χ1) is 10.1. The number of benzene rings is 1. The normalized spacial score (nSPS) is 10.5. The van der Waals surface area contributed by atoms with Gasteiger partial charge in [-0.1, -0.05) is 33.6 Å². The Balaban J connectivity index is 2.23. The van der Waals surface area contributed by atoms with Crippen LogP contribution in [-0.4, -0.2) is 12.1 Å². The number of nitrogens with zero attached hydrogens (tertiary/aromatic N) is 1. The molecule has 0 saturated carbocycles. The quantitative estimate of drug-likeness (QED) is 0.706. The molecule has 0 bridgehead atoms. The molecule has 2 aromatic rings. The number of halogens is 2. The van der Waals surface area contributed by atoms with Crippen LogP contribution in [0.25, 0.3) is 0 Å². The lowest BCUT2D eigenvalue weighted by Gasteiger charge is -2.14. The van der Waals surface area contributed by atoms with E-state index >= 15 is 0 Å². The van der Waals surface area contributed by atoms with E-state index in [4.69, 9.17) is 21.1 Å². The third-order valence-corrected chi connectivity index (χ3v) is 4.24. The standard InChI is InChI=1S/C16H17BrClNO2/c1-10-8-19-14(11(2)16(10)20-3)9-21-15-6-4-5-13(18)12(15)7-17/h4-6,8H,7,9H2,1-3H3. The number of ether oxygens (including phenoxy) is 2. The van der Waals surface area contributed by atoms with Crippen molar-refractivity contribution in [3.05, 3.63) is 51.8 Å². The molecule has 1 aromatic heterocycles. The van der Waals surface area contributed by atoms with Gasteiger partial charge in [-0.05, 0) is 26.0 Å². The molecular weight excluding hydrogens is 354 g/mol. The lowest BCUT2D eigenvalue weighted by molar-refractivity contribution is 0.296. The molecule has 1 aromatic carbocycles. The highest BCUT2D eigenvalue weighted by Gasteiger charge is 2.12. The molecule has 0 atom stereocenters. The summed E-state index contributed by atoms with van der Waals surface area (Å²) < 4.78 is 11.3. The van der Waals surface area contributed by atoms with Gasteiger partial charge in [0, 0.05) is 33.2 Å². The van der Waals surface area contributed by atoms with E-state index in [9.17, 15) is 0 Å². The minimum atomic E-state index is 0.378. The van der Waals surface area contributed by atoms with Crippen molar-refractivity contribution in [3.8, 4) is 11.5 Å². The van der Waals surface area contributed by atoms with Gasteiger partial charge in [0.05, 0.1) is 12.8 Å². The van der Waals surface area contributed by atoms with Gasteiger partial charge in [0.1, 0.15) is 18.1 Å². The molecule has 0 saturated heterocycles. The lowest BCUT2D eigenvalue weighted by Crippen LogP contribution is -2.05. The number of alkyl halides is 1. The SMILES string of the molecule is COc1c(C)cnc(COc2cccc(Cl)c2CBr)c1C. The summed E-state index contributed by atoms with van der Waals surface area (Å²) in [4.78, 5) is 4.43. The molecule has 0 radical (unpaired) electrons. The van der Waals surface area contributed by atoms with Crippen LogP contribution in [0.1, 0.15) is 22.4 Å². The molecule has 21 heavy (non-hydrogen) atoms. The molecule has 3 nitrogen and oxygen atoms in total. The van der Waals surface area contributed by atoms with Crippen molar-refractivity contribution in [2.45, 2.75) is 25.8 Å². The second kappa shape index (κ2) is 7.14. The number of hydrogen-bond acceptors (Lipinski definition) is 3. The molecule has 0 aliphatic carbocycles. The average molecular weight is 371 g/mol. The first-order valence-corrected chi connectivity index (χ1v) is 8.03. The summed E-state index contributed by atoms with van der Waals surface area (Å²) >= 11 is 9.60. The predicted octanol–water partition coefficient (Wildman–Crippen LogP) is 4.83. The van der Waals surface area contributed by atoms with Crippen molar-refractivity contribution < 1.29 is 9.47 Å². The topological polar surface area (TPSA) is 31.4 Å². The minimum Gasteiger partial charge on any atom is -0.496 e. The van der Waals surface area contributed by atoms with E-state index < -0.39 is 0 Å². The average Bonchev–Trinajstić information content (AvgIpc) is 2.47. The molecule has 0 unspecified atom stereocenters. The van der Waals surface area contributed by atoms with E-state index in [2.05, 4.69) is 20.9 Å². The Kier molecular flexibility index (Phi) is 5.48. The molecule has 0 fully saturated rings. The Labute approximate surface area is 138 Å². The Morgan fingerprint density at radius 1 is 1.29 bits per heavy atom. The van der Waals surface area contributed by atoms with E-state index in [0.717, 1.165) is 33.9 Å². The zero-order valence-corrected chi connectivity index (χ0v) is 14.6. The van der Waals surface area contributed by atoms with Gasteiger partial charge in [0.25, 0.3) is 0 Å². The number of methoxy groups -OCH3 is 1. The van der Waals surface area contributed by atoms with Crippen LogP contribution < -0.4 is 9.47 Å². The maximum atomic E-state index is 6.17. The number of pyridine rings is 1. The van der Waals surface area contributed by atoms with Gasteiger partial charge >= 0.3 is 0 Å². The summed E-state index contributed by atoms with van der Waals surface area (Å²) in [5.74, 6) is 1.62. The lowest BCUT2D eigenvalue weighted by atomic mass is 10.1. The molecule has 0 aliphatic heterocycles. The van der Waals surface area contributed by atoms with Crippen LogP contribution >= 0.6 is 27.5 Å². The summed E-state index contributed by atoms with van der Waals surface area (Å²) in [6, 6.07) is 5.63. The Morgan fingerprint density at radius 3 is 2.71 bits per heavy atom. The van der Waals surface area contributed by atoms with E-state index in [1.807, 2.05) is 32.0 Å². The molecule has 2 rings (SSSR count). The zero-order valence-electron chi connectivity index (χ0n) is 12.2. The minimum absolute atomic E-state index is 0.378. The highest BCUT2D eigenvalue weighted by atomic mass is 79.9. The maximum Gasteiger partial charge on any atom is 0.131 e. The number of rotatable bonds is 5. The summed E-state index contributed by atoms with van der Waals surface area (Å²) in [5, 5.41) is 1.33. The Bertz CT molecular complexity index is 646. The van der Waals surface area contributed by atoms with Crippen LogP contribution in [0.15, 0.2) is 24.4 Å². The molecule has 0 amide bonds. The summed E-state index contributed by atoms with van der Waals surface area (Å²) in [5.41, 5.74) is 3.82. The van der Waals surface area contributed by atoms with Crippen molar-refractivity contribution >= 4 is 27.5 Å². The monoisotopic (exact) mass is 369 g/mol. The number of hydrogen-bond donors (Lipinski definition) is 0. The van der Waals surface area contributed by atoms with Crippen molar-refractivity contribution in [1.29, 1.82) is 0 Å². The summed E-state index contributed by atoms with van der Waals surface area (Å²) in [6.45, 7) is 4.34. The summed E-state index contributed by atoms with van der Waals surface area (Å²) in [6.07, 6.45) is 1.80. The van der Waals surface area contributed by atoms with Gasteiger partial charge in [-0.3, -0.25) is 4.98 Å². The molecule has 5 heteroatoms. The molecule has 0 spiro atoms. The van der Waals surface area contributed by atoms with Gasteiger partial charge in [-0.2, -0.15) is 0 Å². The number of aromatic nitrogens is 1. The third kappa shape index (κ3) is 3.50. The third-order valence-electron chi connectivity index (χ3n) is 3.32. The van der Waals surface area contributed by atoms with E-state index in [0.29, 0.717) is 17.0 Å². The molecule has 1 heterocycles. The molecule has 0 N–H and O–H groups in total. The highest BCUT2D eigenvalue weighted by molar-refractivity contribution is 9.08. The van der Waals surface area contributed by atoms with Crippen LogP contribution in [0.5, 0.6) is 11.5 Å². The predicted molar refractivity (Wildman–Crippen MR) is 88.7 cm³/mol.